The number of hydrogen-bond donors (Lipinski definition) is 4. The summed E-state index contributed by atoms with van der Waals surface area (Å²) in [5.74, 6) is -0.169. The molecule has 0 atom stereocenters. The SMILES string of the molecule is Oc1cc(O)c(-c2n[nH]c3c2CNCC3)cc1Cl. The lowest BCUT2D eigenvalue weighted by atomic mass is 10.0. The Hall–Kier alpha value is -1.72. The minimum Gasteiger partial charge on any atom is -0.507 e. The molecular formula is C12H12ClN3O2. The van der Waals surface area contributed by atoms with Gasteiger partial charge in [0.1, 0.15) is 17.2 Å². The standard InChI is InChI=1S/C12H12ClN3O2/c13-8-3-6(10(17)4-11(8)18)12-7-5-14-2-1-9(7)15-16-12/h3-4,14,17-18H,1-2,5H2,(H,15,16). The zero-order valence-corrected chi connectivity index (χ0v) is 10.3. The van der Waals surface area contributed by atoms with Gasteiger partial charge in [0.2, 0.25) is 0 Å². The Bertz CT molecular complexity index is 610. The number of aromatic nitrogens is 2. The van der Waals surface area contributed by atoms with Crippen molar-refractivity contribution in [3.63, 3.8) is 0 Å². The second-order valence-electron chi connectivity index (χ2n) is 4.28. The molecule has 1 aliphatic rings. The van der Waals surface area contributed by atoms with E-state index in [9.17, 15) is 10.2 Å². The molecule has 0 amide bonds. The van der Waals surface area contributed by atoms with Gasteiger partial charge < -0.3 is 15.5 Å². The zero-order valence-electron chi connectivity index (χ0n) is 9.50. The van der Waals surface area contributed by atoms with Gasteiger partial charge in [0.25, 0.3) is 0 Å². The van der Waals surface area contributed by atoms with Crippen molar-refractivity contribution in [2.24, 2.45) is 0 Å². The smallest absolute Gasteiger partial charge is 0.137 e. The van der Waals surface area contributed by atoms with Crippen molar-refractivity contribution in [1.29, 1.82) is 0 Å². The highest BCUT2D eigenvalue weighted by atomic mass is 35.5. The lowest BCUT2D eigenvalue weighted by Crippen LogP contribution is -2.23. The summed E-state index contributed by atoms with van der Waals surface area (Å²) in [6, 6.07) is 2.76. The number of rotatable bonds is 1. The van der Waals surface area contributed by atoms with E-state index in [4.69, 9.17) is 11.6 Å². The molecule has 3 rings (SSSR count). The number of nitrogens with zero attached hydrogens (tertiary/aromatic N) is 1. The monoisotopic (exact) mass is 265 g/mol. The van der Waals surface area contributed by atoms with E-state index in [0.29, 0.717) is 17.8 Å². The van der Waals surface area contributed by atoms with Crippen LogP contribution in [0.15, 0.2) is 12.1 Å². The minimum atomic E-state index is -0.138. The molecule has 94 valence electrons. The number of benzene rings is 1. The van der Waals surface area contributed by atoms with Crippen LogP contribution in [0.3, 0.4) is 0 Å². The van der Waals surface area contributed by atoms with Gasteiger partial charge >= 0.3 is 0 Å². The lowest BCUT2D eigenvalue weighted by molar-refractivity contribution is 0.452. The molecule has 5 nitrogen and oxygen atoms in total. The van der Waals surface area contributed by atoms with Gasteiger partial charge in [-0.25, -0.2) is 0 Å². The molecule has 0 bridgehead atoms. The van der Waals surface area contributed by atoms with Gasteiger partial charge in [-0.1, -0.05) is 11.6 Å². The van der Waals surface area contributed by atoms with Crippen molar-refractivity contribution >= 4 is 11.6 Å². The average Bonchev–Trinajstić information content (AvgIpc) is 2.78. The van der Waals surface area contributed by atoms with Crippen molar-refractivity contribution in [3.8, 4) is 22.8 Å². The fraction of sp³-hybridized carbons (Fsp3) is 0.250. The van der Waals surface area contributed by atoms with Crippen molar-refractivity contribution in [3.05, 3.63) is 28.4 Å². The second-order valence-corrected chi connectivity index (χ2v) is 4.68. The molecule has 0 spiro atoms. The molecule has 6 heteroatoms. The van der Waals surface area contributed by atoms with E-state index in [0.717, 1.165) is 24.2 Å². The van der Waals surface area contributed by atoms with E-state index in [1.165, 1.54) is 12.1 Å². The van der Waals surface area contributed by atoms with E-state index >= 15 is 0 Å². The van der Waals surface area contributed by atoms with Gasteiger partial charge in [-0.2, -0.15) is 5.10 Å². The van der Waals surface area contributed by atoms with Crippen LogP contribution >= 0.6 is 11.6 Å². The molecule has 18 heavy (non-hydrogen) atoms. The van der Waals surface area contributed by atoms with E-state index in [2.05, 4.69) is 15.5 Å². The maximum Gasteiger partial charge on any atom is 0.137 e. The summed E-state index contributed by atoms with van der Waals surface area (Å²) < 4.78 is 0. The van der Waals surface area contributed by atoms with Crippen molar-refractivity contribution in [2.45, 2.75) is 13.0 Å². The largest absolute Gasteiger partial charge is 0.507 e. The first-order valence-corrected chi connectivity index (χ1v) is 6.03. The van der Waals surface area contributed by atoms with Crippen LogP contribution in [0.1, 0.15) is 11.3 Å². The molecular weight excluding hydrogens is 254 g/mol. The van der Waals surface area contributed by atoms with Crippen molar-refractivity contribution in [1.82, 2.24) is 15.5 Å². The van der Waals surface area contributed by atoms with Crippen LogP contribution in [0, 0.1) is 0 Å². The number of nitrogens with one attached hydrogen (secondary N) is 2. The summed E-state index contributed by atoms with van der Waals surface area (Å²) >= 11 is 5.87. The van der Waals surface area contributed by atoms with Gasteiger partial charge in [0.05, 0.1) is 5.02 Å². The summed E-state index contributed by atoms with van der Waals surface area (Å²) in [6.07, 6.45) is 0.884. The molecule has 2 heterocycles. The molecule has 0 fully saturated rings. The van der Waals surface area contributed by atoms with Crippen LogP contribution in [0.2, 0.25) is 5.02 Å². The Labute approximate surface area is 108 Å². The fourth-order valence-corrected chi connectivity index (χ4v) is 2.35. The topological polar surface area (TPSA) is 81.2 Å². The van der Waals surface area contributed by atoms with Crippen LogP contribution in [-0.4, -0.2) is 27.0 Å². The Morgan fingerprint density at radius 2 is 2.06 bits per heavy atom. The number of aromatic hydroxyl groups is 2. The third-order valence-electron chi connectivity index (χ3n) is 3.13. The summed E-state index contributed by atoms with van der Waals surface area (Å²) in [4.78, 5) is 0. The van der Waals surface area contributed by atoms with E-state index < -0.39 is 0 Å². The number of phenols is 2. The fourth-order valence-electron chi connectivity index (χ4n) is 2.19. The second kappa shape index (κ2) is 4.19. The highest BCUT2D eigenvalue weighted by Gasteiger charge is 2.20. The highest BCUT2D eigenvalue weighted by molar-refractivity contribution is 6.32. The molecule has 4 N–H and O–H groups in total. The molecule has 0 saturated heterocycles. The van der Waals surface area contributed by atoms with Crippen LogP contribution in [0.5, 0.6) is 11.5 Å². The molecule has 2 aromatic rings. The first-order chi connectivity index (χ1) is 8.66. The number of aromatic amines is 1. The predicted octanol–water partition coefficient (Wildman–Crippen LogP) is 1.79. The molecule has 0 saturated carbocycles. The van der Waals surface area contributed by atoms with Gasteiger partial charge in [-0.15, -0.1) is 0 Å². The Morgan fingerprint density at radius 1 is 1.22 bits per heavy atom. The average molecular weight is 266 g/mol. The van der Waals surface area contributed by atoms with E-state index in [1.807, 2.05) is 0 Å². The van der Waals surface area contributed by atoms with Crippen molar-refractivity contribution in [2.75, 3.05) is 6.54 Å². The minimum absolute atomic E-state index is 0.0308. The Kier molecular flexibility index (Phi) is 2.65. The molecule has 0 unspecified atom stereocenters. The Balaban J connectivity index is 2.15. The predicted molar refractivity (Wildman–Crippen MR) is 67.8 cm³/mol. The number of phenolic OH excluding ortho intramolecular Hbond substituents is 2. The van der Waals surface area contributed by atoms with Gasteiger partial charge in [0, 0.05) is 42.4 Å². The summed E-state index contributed by atoms with van der Waals surface area (Å²) in [5.41, 5.74) is 3.32. The first-order valence-electron chi connectivity index (χ1n) is 5.65. The quantitative estimate of drug-likeness (QED) is 0.634. The maximum absolute atomic E-state index is 9.90. The number of H-pyrrole nitrogens is 1. The molecule has 0 aliphatic carbocycles. The first kappa shape index (κ1) is 11.4. The molecule has 0 radical (unpaired) electrons. The van der Waals surface area contributed by atoms with E-state index in [1.54, 1.807) is 0 Å². The summed E-state index contributed by atoms with van der Waals surface area (Å²) in [7, 11) is 0. The number of hydrogen-bond acceptors (Lipinski definition) is 4. The summed E-state index contributed by atoms with van der Waals surface area (Å²) in [5, 5.41) is 30.0. The van der Waals surface area contributed by atoms with Crippen LogP contribution in [-0.2, 0) is 13.0 Å². The maximum atomic E-state index is 9.90. The van der Waals surface area contributed by atoms with E-state index in [-0.39, 0.29) is 16.5 Å². The third kappa shape index (κ3) is 1.72. The molecule has 1 aliphatic heterocycles. The van der Waals surface area contributed by atoms with Gasteiger partial charge in [-0.3, -0.25) is 5.10 Å². The molecule has 1 aromatic heterocycles. The van der Waals surface area contributed by atoms with Gasteiger partial charge in [0.15, 0.2) is 0 Å². The van der Waals surface area contributed by atoms with Crippen LogP contribution in [0.25, 0.3) is 11.3 Å². The third-order valence-corrected chi connectivity index (χ3v) is 3.43. The lowest BCUT2D eigenvalue weighted by Gasteiger charge is -2.13. The summed E-state index contributed by atoms with van der Waals surface area (Å²) in [6.45, 7) is 1.62. The zero-order chi connectivity index (χ0) is 12.7. The van der Waals surface area contributed by atoms with Crippen LogP contribution in [0.4, 0.5) is 0 Å². The highest BCUT2D eigenvalue weighted by Crippen LogP contribution is 2.38. The van der Waals surface area contributed by atoms with Crippen molar-refractivity contribution < 1.29 is 10.2 Å². The Morgan fingerprint density at radius 3 is 2.89 bits per heavy atom. The number of halogens is 1. The van der Waals surface area contributed by atoms with Crippen LogP contribution < -0.4 is 5.32 Å². The van der Waals surface area contributed by atoms with Gasteiger partial charge in [-0.05, 0) is 6.07 Å². The molecule has 1 aromatic carbocycles. The normalized spacial score (nSPS) is 14.5. The number of fused-ring (bicyclic) bond motifs is 1.